The van der Waals surface area contributed by atoms with Crippen molar-refractivity contribution in [2.24, 2.45) is 0 Å². The Morgan fingerprint density at radius 1 is 1.33 bits per heavy atom. The van der Waals surface area contributed by atoms with Crippen molar-refractivity contribution in [2.45, 2.75) is 17.9 Å². The summed E-state index contributed by atoms with van der Waals surface area (Å²) in [6.07, 6.45) is 1.12. The molecule has 0 amide bonds. The van der Waals surface area contributed by atoms with Crippen LogP contribution in [0.1, 0.15) is 6.92 Å². The van der Waals surface area contributed by atoms with Crippen molar-refractivity contribution in [3.05, 3.63) is 18.2 Å². The summed E-state index contributed by atoms with van der Waals surface area (Å²) in [4.78, 5) is 0.249. The first-order chi connectivity index (χ1) is 6.97. The molecule has 1 heterocycles. The van der Waals surface area contributed by atoms with Crippen molar-refractivity contribution < 1.29 is 17.9 Å². The van der Waals surface area contributed by atoms with E-state index >= 15 is 0 Å². The van der Waals surface area contributed by atoms with Gasteiger partial charge in [0.2, 0.25) is 0 Å². The van der Waals surface area contributed by atoms with Crippen LogP contribution in [-0.4, -0.2) is 27.4 Å². The average Bonchev–Trinajstić information content (AvgIpc) is 2.15. The molecule has 4 nitrogen and oxygen atoms in total. The molecule has 0 fully saturated rings. The van der Waals surface area contributed by atoms with Crippen LogP contribution in [0, 0.1) is 0 Å². The molecule has 0 saturated heterocycles. The van der Waals surface area contributed by atoms with Gasteiger partial charge in [0, 0.05) is 12.3 Å². The summed E-state index contributed by atoms with van der Waals surface area (Å²) in [5, 5.41) is 0. The minimum atomic E-state index is -3.19. The molecule has 82 valence electrons. The minimum absolute atomic E-state index is 0.0488. The van der Waals surface area contributed by atoms with Crippen LogP contribution in [0.15, 0.2) is 23.1 Å². The van der Waals surface area contributed by atoms with Crippen molar-refractivity contribution in [1.82, 2.24) is 0 Å². The summed E-state index contributed by atoms with van der Waals surface area (Å²) in [5.74, 6) is 1.09. The van der Waals surface area contributed by atoms with E-state index in [1.165, 1.54) is 18.4 Å². The van der Waals surface area contributed by atoms with E-state index in [0.29, 0.717) is 18.1 Å². The van der Waals surface area contributed by atoms with Gasteiger partial charge in [-0.1, -0.05) is 0 Å². The molecule has 1 aromatic carbocycles. The van der Waals surface area contributed by atoms with Gasteiger partial charge in [0.05, 0.1) is 4.90 Å². The van der Waals surface area contributed by atoms with Crippen molar-refractivity contribution in [3.8, 4) is 11.5 Å². The van der Waals surface area contributed by atoms with Crippen molar-refractivity contribution in [2.75, 3.05) is 12.9 Å². The fourth-order valence-corrected chi connectivity index (χ4v) is 2.02. The monoisotopic (exact) mass is 228 g/mol. The predicted octanol–water partition coefficient (Wildman–Crippen LogP) is 1.25. The first-order valence-electron chi connectivity index (χ1n) is 4.60. The Hall–Kier alpha value is -1.23. The molecule has 0 aliphatic carbocycles. The topological polar surface area (TPSA) is 52.6 Å². The molecule has 0 radical (unpaired) electrons. The maximum absolute atomic E-state index is 11.3. The zero-order chi connectivity index (χ0) is 11.1. The number of rotatable bonds is 1. The normalized spacial score (nSPS) is 20.0. The lowest BCUT2D eigenvalue weighted by molar-refractivity contribution is 0.104. The van der Waals surface area contributed by atoms with E-state index in [-0.39, 0.29) is 11.0 Å². The lowest BCUT2D eigenvalue weighted by Gasteiger charge is -2.24. The molecule has 0 bridgehead atoms. The highest BCUT2D eigenvalue weighted by atomic mass is 32.2. The molecular formula is C10H12O4S. The standard InChI is InChI=1S/C10H12O4S/c1-7-6-13-9-4-3-8(15(2,11)12)5-10(9)14-7/h3-5,7H,6H2,1-2H3/t7-/m1/s1. The predicted molar refractivity (Wildman–Crippen MR) is 55.1 cm³/mol. The van der Waals surface area contributed by atoms with Gasteiger partial charge in [-0.15, -0.1) is 0 Å². The van der Waals surface area contributed by atoms with Gasteiger partial charge in [0.15, 0.2) is 21.3 Å². The molecule has 0 unspecified atom stereocenters. The van der Waals surface area contributed by atoms with Gasteiger partial charge in [-0.2, -0.15) is 0 Å². The number of hydrogen-bond donors (Lipinski definition) is 0. The maximum Gasteiger partial charge on any atom is 0.175 e. The van der Waals surface area contributed by atoms with Crippen LogP contribution < -0.4 is 9.47 Å². The van der Waals surface area contributed by atoms with Gasteiger partial charge < -0.3 is 9.47 Å². The summed E-state index contributed by atoms with van der Waals surface area (Å²) in [7, 11) is -3.19. The van der Waals surface area contributed by atoms with Crippen molar-refractivity contribution in [3.63, 3.8) is 0 Å². The molecule has 1 aliphatic rings. The maximum atomic E-state index is 11.3. The molecule has 0 saturated carbocycles. The first-order valence-corrected chi connectivity index (χ1v) is 6.49. The quantitative estimate of drug-likeness (QED) is 0.726. The largest absolute Gasteiger partial charge is 0.486 e. The van der Waals surface area contributed by atoms with Crippen molar-refractivity contribution >= 4 is 9.84 Å². The van der Waals surface area contributed by atoms with E-state index in [4.69, 9.17) is 9.47 Å². The van der Waals surface area contributed by atoms with Crippen LogP contribution in [0.25, 0.3) is 0 Å². The smallest absolute Gasteiger partial charge is 0.175 e. The Labute approximate surface area is 88.7 Å². The van der Waals surface area contributed by atoms with E-state index < -0.39 is 9.84 Å². The van der Waals surface area contributed by atoms with Crippen LogP contribution in [0.5, 0.6) is 11.5 Å². The van der Waals surface area contributed by atoms with Crippen LogP contribution >= 0.6 is 0 Å². The van der Waals surface area contributed by atoms with Gasteiger partial charge in [0.1, 0.15) is 12.7 Å². The van der Waals surface area contributed by atoms with Gasteiger partial charge in [-0.05, 0) is 19.1 Å². The fraction of sp³-hybridized carbons (Fsp3) is 0.400. The lowest BCUT2D eigenvalue weighted by atomic mass is 10.3. The van der Waals surface area contributed by atoms with Gasteiger partial charge >= 0.3 is 0 Å². The highest BCUT2D eigenvalue weighted by Gasteiger charge is 2.19. The number of ether oxygens (including phenoxy) is 2. The van der Waals surface area contributed by atoms with Gasteiger partial charge in [0.25, 0.3) is 0 Å². The highest BCUT2D eigenvalue weighted by molar-refractivity contribution is 7.90. The molecule has 1 atom stereocenters. The lowest BCUT2D eigenvalue weighted by Crippen LogP contribution is -2.25. The second kappa shape index (κ2) is 3.41. The minimum Gasteiger partial charge on any atom is -0.486 e. The third-order valence-electron chi connectivity index (χ3n) is 2.15. The summed E-state index contributed by atoms with van der Waals surface area (Å²) in [5.41, 5.74) is 0. The van der Waals surface area contributed by atoms with Crippen LogP contribution in [0.3, 0.4) is 0 Å². The SMILES string of the molecule is C[C@@H]1COc2ccc(S(C)(=O)=O)cc2O1. The summed E-state index contributed by atoms with van der Waals surface area (Å²) < 4.78 is 33.5. The average molecular weight is 228 g/mol. The number of fused-ring (bicyclic) bond motifs is 1. The Morgan fingerprint density at radius 2 is 2.07 bits per heavy atom. The Bertz CT molecular complexity index is 478. The molecule has 1 aromatic rings. The summed E-state index contributed by atoms with van der Waals surface area (Å²) >= 11 is 0. The van der Waals surface area contributed by atoms with E-state index in [1.54, 1.807) is 6.07 Å². The van der Waals surface area contributed by atoms with Crippen LogP contribution in [-0.2, 0) is 9.84 Å². The molecule has 0 aromatic heterocycles. The molecule has 0 spiro atoms. The second-order valence-corrected chi connectivity index (χ2v) is 5.64. The molecule has 2 rings (SSSR count). The van der Waals surface area contributed by atoms with E-state index in [1.807, 2.05) is 6.92 Å². The number of sulfone groups is 1. The Kier molecular flexibility index (Phi) is 2.34. The molecular weight excluding hydrogens is 216 g/mol. The third-order valence-corrected chi connectivity index (χ3v) is 3.26. The highest BCUT2D eigenvalue weighted by Crippen LogP contribution is 2.33. The van der Waals surface area contributed by atoms with Crippen molar-refractivity contribution in [1.29, 1.82) is 0 Å². The summed E-state index contributed by atoms with van der Waals surface area (Å²) in [6.45, 7) is 2.36. The van der Waals surface area contributed by atoms with E-state index in [0.717, 1.165) is 0 Å². The fourth-order valence-electron chi connectivity index (χ4n) is 1.39. The molecule has 5 heteroatoms. The van der Waals surface area contributed by atoms with Crippen LogP contribution in [0.4, 0.5) is 0 Å². The zero-order valence-electron chi connectivity index (χ0n) is 8.56. The van der Waals surface area contributed by atoms with Gasteiger partial charge in [-0.3, -0.25) is 0 Å². The third kappa shape index (κ3) is 2.07. The number of benzene rings is 1. The molecule has 1 aliphatic heterocycles. The number of hydrogen-bond acceptors (Lipinski definition) is 4. The molecule has 0 N–H and O–H groups in total. The van der Waals surface area contributed by atoms with Crippen LogP contribution in [0.2, 0.25) is 0 Å². The Balaban J connectivity index is 2.46. The zero-order valence-corrected chi connectivity index (χ0v) is 9.37. The van der Waals surface area contributed by atoms with Gasteiger partial charge in [-0.25, -0.2) is 8.42 Å². The second-order valence-electron chi connectivity index (χ2n) is 3.62. The first kappa shape index (κ1) is 10.3. The van der Waals surface area contributed by atoms with E-state index in [2.05, 4.69) is 0 Å². The van der Waals surface area contributed by atoms with E-state index in [9.17, 15) is 8.42 Å². The summed E-state index contributed by atoms with van der Waals surface area (Å²) in [6, 6.07) is 4.64. The molecule has 15 heavy (non-hydrogen) atoms. The Morgan fingerprint density at radius 3 is 2.73 bits per heavy atom.